The Morgan fingerprint density at radius 2 is 2.39 bits per heavy atom. The highest BCUT2D eigenvalue weighted by Gasteiger charge is 2.15. The van der Waals surface area contributed by atoms with Gasteiger partial charge >= 0.3 is 5.97 Å². The number of nitrogens with two attached hydrogens (primary N) is 1. The summed E-state index contributed by atoms with van der Waals surface area (Å²) in [4.78, 5) is 18.8. The molecule has 0 unspecified atom stereocenters. The largest absolute Gasteiger partial charge is 0.478 e. The van der Waals surface area contributed by atoms with E-state index in [0.717, 1.165) is 0 Å². The molecular weight excluding hydrogens is 238 g/mol. The van der Waals surface area contributed by atoms with E-state index >= 15 is 0 Å². The first kappa shape index (κ1) is 11.8. The lowest BCUT2D eigenvalue weighted by molar-refractivity contribution is 0.0691. The third-order valence-electron chi connectivity index (χ3n) is 2.06. The number of hydrogen-bond acceptors (Lipinski definition) is 6. The van der Waals surface area contributed by atoms with E-state index in [1.807, 2.05) is 6.92 Å². The van der Waals surface area contributed by atoms with E-state index in [9.17, 15) is 4.79 Å². The van der Waals surface area contributed by atoms with Crippen LogP contribution in [0, 0.1) is 0 Å². The molecule has 0 aliphatic carbocycles. The normalized spacial score (nSPS) is 10.3. The van der Waals surface area contributed by atoms with Crippen molar-refractivity contribution in [3.63, 3.8) is 0 Å². The van der Waals surface area contributed by atoms with Gasteiger partial charge in [-0.05, 0) is 6.92 Å². The fourth-order valence-electron chi connectivity index (χ4n) is 1.33. The topological polar surface area (TPSA) is 116 Å². The SMILES string of the molecule is CCOc1ccnc(-n2cc(N)c(C(=O)O)n2)n1. The van der Waals surface area contributed by atoms with E-state index in [1.165, 1.54) is 17.1 Å². The van der Waals surface area contributed by atoms with Gasteiger partial charge in [-0.2, -0.15) is 10.1 Å². The fourth-order valence-corrected chi connectivity index (χ4v) is 1.33. The molecule has 0 saturated carbocycles. The van der Waals surface area contributed by atoms with E-state index in [1.54, 1.807) is 6.07 Å². The average Bonchev–Trinajstić information content (AvgIpc) is 2.72. The molecule has 8 nitrogen and oxygen atoms in total. The molecule has 2 rings (SSSR count). The molecule has 0 aliphatic heterocycles. The third kappa shape index (κ3) is 2.21. The summed E-state index contributed by atoms with van der Waals surface area (Å²) >= 11 is 0. The molecule has 0 spiro atoms. The molecule has 0 aliphatic rings. The highest BCUT2D eigenvalue weighted by Crippen LogP contribution is 2.13. The number of nitrogen functional groups attached to an aromatic ring is 1. The van der Waals surface area contributed by atoms with Gasteiger partial charge in [-0.25, -0.2) is 14.5 Å². The van der Waals surface area contributed by atoms with Crippen molar-refractivity contribution in [1.82, 2.24) is 19.7 Å². The van der Waals surface area contributed by atoms with Gasteiger partial charge in [0.25, 0.3) is 5.95 Å². The van der Waals surface area contributed by atoms with Crippen molar-refractivity contribution in [3.05, 3.63) is 24.2 Å². The van der Waals surface area contributed by atoms with Crippen LogP contribution in [0.15, 0.2) is 18.5 Å². The Morgan fingerprint density at radius 1 is 1.61 bits per heavy atom. The van der Waals surface area contributed by atoms with Gasteiger partial charge in [-0.3, -0.25) is 0 Å². The van der Waals surface area contributed by atoms with Gasteiger partial charge in [0.2, 0.25) is 5.88 Å². The summed E-state index contributed by atoms with van der Waals surface area (Å²) in [6, 6.07) is 1.60. The molecule has 18 heavy (non-hydrogen) atoms. The van der Waals surface area contributed by atoms with Gasteiger partial charge in [0, 0.05) is 12.3 Å². The van der Waals surface area contributed by atoms with Crippen LogP contribution in [0.3, 0.4) is 0 Å². The zero-order valence-corrected chi connectivity index (χ0v) is 9.57. The lowest BCUT2D eigenvalue weighted by Crippen LogP contribution is -2.06. The lowest BCUT2D eigenvalue weighted by atomic mass is 10.4. The molecule has 0 bridgehead atoms. The molecule has 0 atom stereocenters. The summed E-state index contributed by atoms with van der Waals surface area (Å²) in [6.45, 7) is 2.30. The van der Waals surface area contributed by atoms with Gasteiger partial charge in [0.15, 0.2) is 5.69 Å². The van der Waals surface area contributed by atoms with Crippen LogP contribution in [-0.4, -0.2) is 37.4 Å². The standard InChI is InChI=1S/C10H11N5O3/c1-2-18-7-3-4-12-10(13-7)15-5-6(11)8(14-15)9(16)17/h3-5H,2,11H2,1H3,(H,16,17). The number of ether oxygens (including phenoxy) is 1. The summed E-state index contributed by atoms with van der Waals surface area (Å²) in [5.74, 6) is -0.624. The van der Waals surface area contributed by atoms with Gasteiger partial charge in [0.1, 0.15) is 0 Å². The summed E-state index contributed by atoms with van der Waals surface area (Å²) in [6.07, 6.45) is 2.83. The molecule has 0 radical (unpaired) electrons. The number of rotatable bonds is 4. The van der Waals surface area contributed by atoms with Crippen molar-refractivity contribution in [3.8, 4) is 11.8 Å². The number of anilines is 1. The van der Waals surface area contributed by atoms with Crippen LogP contribution in [0.5, 0.6) is 5.88 Å². The Hall–Kier alpha value is -2.64. The third-order valence-corrected chi connectivity index (χ3v) is 2.06. The van der Waals surface area contributed by atoms with E-state index in [2.05, 4.69) is 15.1 Å². The first-order valence-electron chi connectivity index (χ1n) is 5.16. The minimum absolute atomic E-state index is 0.0490. The van der Waals surface area contributed by atoms with Crippen molar-refractivity contribution >= 4 is 11.7 Å². The Morgan fingerprint density at radius 3 is 3.00 bits per heavy atom. The number of carboxylic acid groups (broad SMARTS) is 1. The van der Waals surface area contributed by atoms with Gasteiger partial charge in [-0.1, -0.05) is 0 Å². The van der Waals surface area contributed by atoms with Gasteiger partial charge in [-0.15, -0.1) is 0 Å². The fraction of sp³-hybridized carbons (Fsp3) is 0.200. The maximum absolute atomic E-state index is 10.8. The predicted octanol–water partition coefficient (Wildman–Crippen LogP) is 0.341. The number of carbonyl (C=O) groups is 1. The van der Waals surface area contributed by atoms with Crippen molar-refractivity contribution in [1.29, 1.82) is 0 Å². The van der Waals surface area contributed by atoms with Crippen molar-refractivity contribution in [2.24, 2.45) is 0 Å². The molecule has 2 aromatic rings. The zero-order chi connectivity index (χ0) is 13.1. The Balaban J connectivity index is 2.39. The molecule has 0 fully saturated rings. The molecular formula is C10H11N5O3. The Labute approximate surface area is 102 Å². The quantitative estimate of drug-likeness (QED) is 0.802. The molecule has 2 heterocycles. The molecule has 0 saturated heterocycles. The second-order valence-electron chi connectivity index (χ2n) is 3.31. The lowest BCUT2D eigenvalue weighted by Gasteiger charge is -2.03. The highest BCUT2D eigenvalue weighted by molar-refractivity contribution is 5.91. The minimum Gasteiger partial charge on any atom is -0.478 e. The minimum atomic E-state index is -1.20. The molecule has 2 aromatic heterocycles. The van der Waals surface area contributed by atoms with Crippen molar-refractivity contribution in [2.45, 2.75) is 6.92 Å². The maximum atomic E-state index is 10.8. The number of aromatic nitrogens is 4. The molecule has 3 N–H and O–H groups in total. The molecule has 0 amide bonds. The van der Waals surface area contributed by atoms with Crippen LogP contribution in [0.4, 0.5) is 5.69 Å². The second-order valence-corrected chi connectivity index (χ2v) is 3.31. The maximum Gasteiger partial charge on any atom is 0.358 e. The van der Waals surface area contributed by atoms with Crippen LogP contribution in [0.25, 0.3) is 5.95 Å². The van der Waals surface area contributed by atoms with Crippen LogP contribution >= 0.6 is 0 Å². The number of hydrogen-bond donors (Lipinski definition) is 2. The first-order valence-corrected chi connectivity index (χ1v) is 5.16. The van der Waals surface area contributed by atoms with Crippen molar-refractivity contribution in [2.75, 3.05) is 12.3 Å². The van der Waals surface area contributed by atoms with E-state index in [4.69, 9.17) is 15.6 Å². The van der Waals surface area contributed by atoms with Crippen LogP contribution in [-0.2, 0) is 0 Å². The Kier molecular flexibility index (Phi) is 3.09. The zero-order valence-electron chi connectivity index (χ0n) is 9.57. The smallest absolute Gasteiger partial charge is 0.358 e. The van der Waals surface area contributed by atoms with Crippen LogP contribution in [0.1, 0.15) is 17.4 Å². The van der Waals surface area contributed by atoms with E-state index in [-0.39, 0.29) is 17.3 Å². The number of nitrogens with zero attached hydrogens (tertiary/aromatic N) is 4. The summed E-state index contributed by atoms with van der Waals surface area (Å²) in [5.41, 5.74) is 5.34. The Bertz CT molecular complexity index is 581. The van der Waals surface area contributed by atoms with E-state index < -0.39 is 5.97 Å². The first-order chi connectivity index (χ1) is 8.61. The average molecular weight is 249 g/mol. The predicted molar refractivity (Wildman–Crippen MR) is 61.7 cm³/mol. The molecule has 0 aromatic carbocycles. The second kappa shape index (κ2) is 4.70. The summed E-state index contributed by atoms with van der Waals surface area (Å²) in [7, 11) is 0. The molecule has 8 heteroatoms. The van der Waals surface area contributed by atoms with E-state index in [0.29, 0.717) is 12.5 Å². The summed E-state index contributed by atoms with van der Waals surface area (Å²) < 4.78 is 6.41. The number of aromatic carboxylic acids is 1. The highest BCUT2D eigenvalue weighted by atomic mass is 16.5. The summed E-state index contributed by atoms with van der Waals surface area (Å²) in [5, 5.41) is 12.6. The monoisotopic (exact) mass is 249 g/mol. The van der Waals surface area contributed by atoms with Gasteiger partial charge in [0.05, 0.1) is 18.5 Å². The van der Waals surface area contributed by atoms with Crippen molar-refractivity contribution < 1.29 is 14.6 Å². The van der Waals surface area contributed by atoms with Crippen LogP contribution in [0.2, 0.25) is 0 Å². The van der Waals surface area contributed by atoms with Crippen LogP contribution < -0.4 is 10.5 Å². The molecule has 94 valence electrons. The van der Waals surface area contributed by atoms with Gasteiger partial charge < -0.3 is 15.6 Å². The number of carboxylic acids is 1.